The van der Waals surface area contributed by atoms with Crippen molar-refractivity contribution in [2.45, 2.75) is 24.3 Å². The summed E-state index contributed by atoms with van der Waals surface area (Å²) < 4.78 is 25.0. The van der Waals surface area contributed by atoms with Gasteiger partial charge in [0.1, 0.15) is 10.3 Å². The van der Waals surface area contributed by atoms with Crippen molar-refractivity contribution in [3.05, 3.63) is 62.9 Å². The number of hydrogen-bond acceptors (Lipinski definition) is 3. The van der Waals surface area contributed by atoms with Crippen LogP contribution in [0.15, 0.2) is 30.3 Å². The smallest absolute Gasteiger partial charge is 0.161 e. The Morgan fingerprint density at radius 3 is 2.52 bits per heavy atom. The molecule has 2 aromatic rings. The van der Waals surface area contributed by atoms with E-state index >= 15 is 0 Å². The van der Waals surface area contributed by atoms with Crippen molar-refractivity contribution in [1.82, 2.24) is 4.98 Å². The molecular formula is C15H13Cl2NO2S. The Bertz CT molecular complexity index is 804. The summed E-state index contributed by atoms with van der Waals surface area (Å²) in [7, 11) is -3.29. The maximum absolute atomic E-state index is 12.5. The highest BCUT2D eigenvalue weighted by Crippen LogP contribution is 2.44. The number of pyridine rings is 1. The third kappa shape index (κ3) is 2.56. The Morgan fingerprint density at radius 1 is 1.19 bits per heavy atom. The number of hydrogen-bond donors (Lipinski definition) is 0. The second kappa shape index (κ2) is 5.27. The zero-order valence-electron chi connectivity index (χ0n) is 11.3. The van der Waals surface area contributed by atoms with Crippen molar-refractivity contribution in [1.29, 1.82) is 0 Å². The molecule has 0 unspecified atom stereocenters. The van der Waals surface area contributed by atoms with Gasteiger partial charge in [0.15, 0.2) is 9.84 Å². The fraction of sp³-hybridized carbons (Fsp3) is 0.267. The number of halogens is 2. The van der Waals surface area contributed by atoms with Gasteiger partial charge in [0.05, 0.1) is 11.0 Å². The summed E-state index contributed by atoms with van der Waals surface area (Å²) in [5.74, 6) is -0.0658. The van der Waals surface area contributed by atoms with Crippen LogP contribution in [0, 0.1) is 6.92 Å². The Balaban J connectivity index is 2.14. The summed E-state index contributed by atoms with van der Waals surface area (Å²) in [6, 6.07) is 9.55. The van der Waals surface area contributed by atoms with Crippen LogP contribution in [0.5, 0.6) is 0 Å². The van der Waals surface area contributed by atoms with E-state index in [1.165, 1.54) is 0 Å². The minimum atomic E-state index is -3.29. The van der Waals surface area contributed by atoms with Crippen molar-refractivity contribution in [3.63, 3.8) is 0 Å². The second-order valence-electron chi connectivity index (χ2n) is 5.20. The monoisotopic (exact) mass is 341 g/mol. The molecule has 0 saturated carbocycles. The van der Waals surface area contributed by atoms with E-state index in [9.17, 15) is 8.42 Å². The summed E-state index contributed by atoms with van der Waals surface area (Å²) in [4.78, 5) is 4.02. The van der Waals surface area contributed by atoms with Crippen molar-refractivity contribution >= 4 is 33.0 Å². The van der Waals surface area contributed by atoms with Crippen LogP contribution in [0.2, 0.25) is 10.3 Å². The van der Waals surface area contributed by atoms with E-state index in [1.54, 1.807) is 6.92 Å². The van der Waals surface area contributed by atoms with Crippen LogP contribution in [0.3, 0.4) is 0 Å². The molecule has 0 spiro atoms. The van der Waals surface area contributed by atoms with Crippen molar-refractivity contribution in [2.75, 3.05) is 0 Å². The summed E-state index contributed by atoms with van der Waals surface area (Å²) >= 11 is 12.2. The van der Waals surface area contributed by atoms with Gasteiger partial charge in [-0.15, -0.1) is 0 Å². The molecule has 1 aliphatic rings. The molecule has 0 bridgehead atoms. The molecule has 0 amide bonds. The van der Waals surface area contributed by atoms with Crippen LogP contribution in [0.4, 0.5) is 0 Å². The zero-order valence-corrected chi connectivity index (χ0v) is 13.6. The molecule has 21 heavy (non-hydrogen) atoms. The van der Waals surface area contributed by atoms with E-state index in [4.69, 9.17) is 23.2 Å². The molecular weight excluding hydrogens is 329 g/mol. The van der Waals surface area contributed by atoms with Gasteiger partial charge >= 0.3 is 0 Å². The summed E-state index contributed by atoms with van der Waals surface area (Å²) in [6.45, 7) is 1.79. The lowest BCUT2D eigenvalue weighted by Crippen LogP contribution is -2.11. The molecule has 0 aliphatic carbocycles. The fourth-order valence-corrected chi connectivity index (χ4v) is 5.38. The predicted octanol–water partition coefficient (Wildman–Crippen LogP) is 3.91. The summed E-state index contributed by atoms with van der Waals surface area (Å²) in [6.07, 6.45) is 0.424. The number of sulfone groups is 1. The number of nitrogens with zero attached hydrogens (tertiary/aromatic N) is 1. The van der Waals surface area contributed by atoms with Gasteiger partial charge < -0.3 is 0 Å². The van der Waals surface area contributed by atoms with Gasteiger partial charge in [-0.2, -0.15) is 0 Å². The van der Waals surface area contributed by atoms with Gasteiger partial charge in [-0.1, -0.05) is 53.5 Å². The van der Waals surface area contributed by atoms with E-state index in [-0.39, 0.29) is 16.1 Å². The zero-order chi connectivity index (χ0) is 15.2. The molecule has 1 atom stereocenters. The molecule has 110 valence electrons. The van der Waals surface area contributed by atoms with Gasteiger partial charge in [-0.3, -0.25) is 0 Å². The van der Waals surface area contributed by atoms with Crippen molar-refractivity contribution < 1.29 is 8.42 Å². The van der Waals surface area contributed by atoms with Crippen LogP contribution in [-0.4, -0.2) is 13.4 Å². The molecule has 1 aromatic heterocycles. The maximum atomic E-state index is 12.5. The highest BCUT2D eigenvalue weighted by molar-refractivity contribution is 7.91. The lowest BCUT2D eigenvalue weighted by molar-refractivity contribution is 0.585. The molecule has 0 saturated heterocycles. The standard InChI is InChI=1S/C15H13Cl2NO2S/c1-9-13-11(15(17)18-14(9)16)8-21(19,20)12(13)7-10-5-3-2-4-6-10/h2-6,12H,7-8H2,1H3/t12-/m1/s1. The minimum absolute atomic E-state index is 0.0658. The largest absolute Gasteiger partial charge is 0.228 e. The minimum Gasteiger partial charge on any atom is -0.228 e. The topological polar surface area (TPSA) is 47.0 Å². The normalized spacial score (nSPS) is 19.5. The van der Waals surface area contributed by atoms with Gasteiger partial charge in [-0.25, -0.2) is 13.4 Å². The van der Waals surface area contributed by atoms with E-state index in [0.717, 1.165) is 11.1 Å². The average Bonchev–Trinajstić information content (AvgIpc) is 2.70. The lowest BCUT2D eigenvalue weighted by atomic mass is 9.98. The molecule has 0 radical (unpaired) electrons. The highest BCUT2D eigenvalue weighted by atomic mass is 35.5. The molecule has 0 fully saturated rings. The fourth-order valence-electron chi connectivity index (χ4n) is 2.80. The molecule has 1 aromatic carbocycles. The first-order valence-corrected chi connectivity index (χ1v) is 8.97. The molecule has 2 heterocycles. The SMILES string of the molecule is Cc1c(Cl)nc(Cl)c2c1[C@@H](Cc1ccccc1)S(=O)(=O)C2. The second-order valence-corrected chi connectivity index (χ2v) is 8.10. The van der Waals surface area contributed by atoms with Gasteiger partial charge in [-0.05, 0) is 30.0 Å². The Hall–Kier alpha value is -1.10. The number of benzene rings is 1. The van der Waals surface area contributed by atoms with Gasteiger partial charge in [0.25, 0.3) is 0 Å². The first-order valence-electron chi connectivity index (χ1n) is 6.50. The van der Waals surface area contributed by atoms with E-state index in [1.807, 2.05) is 30.3 Å². The third-order valence-corrected chi connectivity index (χ3v) is 6.49. The van der Waals surface area contributed by atoms with E-state index < -0.39 is 15.1 Å². The van der Waals surface area contributed by atoms with E-state index in [2.05, 4.69) is 4.98 Å². The Morgan fingerprint density at radius 2 is 1.86 bits per heavy atom. The predicted molar refractivity (Wildman–Crippen MR) is 84.5 cm³/mol. The highest BCUT2D eigenvalue weighted by Gasteiger charge is 2.40. The van der Waals surface area contributed by atoms with Crippen LogP contribution < -0.4 is 0 Å². The summed E-state index contributed by atoms with van der Waals surface area (Å²) in [5, 5.41) is -0.137. The van der Waals surface area contributed by atoms with Gasteiger partial charge in [0.2, 0.25) is 0 Å². The number of aromatic nitrogens is 1. The van der Waals surface area contributed by atoms with Crippen LogP contribution in [0.1, 0.15) is 27.5 Å². The average molecular weight is 342 g/mol. The Kier molecular flexibility index (Phi) is 3.72. The lowest BCUT2D eigenvalue weighted by Gasteiger charge is -2.14. The van der Waals surface area contributed by atoms with Crippen LogP contribution >= 0.6 is 23.2 Å². The molecule has 1 aliphatic heterocycles. The van der Waals surface area contributed by atoms with Crippen LogP contribution in [-0.2, 0) is 22.0 Å². The van der Waals surface area contributed by atoms with Crippen molar-refractivity contribution in [3.8, 4) is 0 Å². The molecule has 3 rings (SSSR count). The first-order chi connectivity index (χ1) is 9.90. The van der Waals surface area contributed by atoms with E-state index in [0.29, 0.717) is 17.5 Å². The first kappa shape index (κ1) is 14.8. The quantitative estimate of drug-likeness (QED) is 0.778. The number of rotatable bonds is 2. The Labute approximate surface area is 133 Å². The van der Waals surface area contributed by atoms with Crippen LogP contribution in [0.25, 0.3) is 0 Å². The molecule has 3 nitrogen and oxygen atoms in total. The maximum Gasteiger partial charge on any atom is 0.161 e. The van der Waals surface area contributed by atoms with Crippen molar-refractivity contribution in [2.24, 2.45) is 0 Å². The molecule has 6 heteroatoms. The third-order valence-electron chi connectivity index (χ3n) is 3.85. The van der Waals surface area contributed by atoms with Gasteiger partial charge in [0, 0.05) is 5.56 Å². The molecule has 0 N–H and O–H groups in total. The number of fused-ring (bicyclic) bond motifs is 1. The summed E-state index contributed by atoms with van der Waals surface area (Å²) in [5.41, 5.74) is 3.00.